The van der Waals surface area contributed by atoms with Crippen LogP contribution >= 0.6 is 11.6 Å². The lowest BCUT2D eigenvalue weighted by atomic mass is 10.2. The monoisotopic (exact) mass is 296 g/mol. The van der Waals surface area contributed by atoms with Gasteiger partial charge in [-0.2, -0.15) is 0 Å². The number of alkyl halides is 2. The van der Waals surface area contributed by atoms with E-state index in [4.69, 9.17) is 16.0 Å². The smallest absolute Gasteiger partial charge is 0.270 e. The average molecular weight is 297 g/mol. The highest BCUT2D eigenvalue weighted by molar-refractivity contribution is 6.29. The topological polar surface area (TPSA) is 55.1 Å². The number of benzene rings is 1. The molecule has 4 nitrogen and oxygen atoms in total. The van der Waals surface area contributed by atoms with Crippen LogP contribution in [0, 0.1) is 6.92 Å². The molecule has 6 heteroatoms. The molecule has 0 aliphatic rings. The number of oxazole rings is 1. The quantitative estimate of drug-likeness (QED) is 0.863. The lowest BCUT2D eigenvalue weighted by Crippen LogP contribution is -2.30. The molecular formula is C14H14ClFN2O2. The van der Waals surface area contributed by atoms with Crippen LogP contribution in [0.25, 0.3) is 11.5 Å². The summed E-state index contributed by atoms with van der Waals surface area (Å²) >= 11 is 5.01. The second-order valence-corrected chi connectivity index (χ2v) is 4.61. The molecule has 0 aliphatic carbocycles. The summed E-state index contributed by atoms with van der Waals surface area (Å²) in [6, 6.07) is 9.51. The molecule has 2 rings (SSSR count). The number of carbonyl (C=O) groups is 1. The van der Waals surface area contributed by atoms with Crippen molar-refractivity contribution in [2.24, 2.45) is 0 Å². The van der Waals surface area contributed by atoms with Crippen LogP contribution in [0.5, 0.6) is 0 Å². The third-order valence-corrected chi connectivity index (χ3v) is 2.97. The van der Waals surface area contributed by atoms with E-state index in [0.29, 0.717) is 18.1 Å². The maximum Gasteiger partial charge on any atom is 0.270 e. The standard InChI is InChI=1S/C14H14ClFN2O2/c1-9-11(7-8-17-13(19)12(15)16)18-14(20-9)10-5-3-2-4-6-10/h2-6,12H,7-8H2,1H3,(H,17,19). The summed E-state index contributed by atoms with van der Waals surface area (Å²) in [5.41, 5.74) is -0.405. The zero-order chi connectivity index (χ0) is 14.5. The van der Waals surface area contributed by atoms with Crippen molar-refractivity contribution in [1.29, 1.82) is 0 Å². The van der Waals surface area contributed by atoms with E-state index in [1.54, 1.807) is 6.92 Å². The van der Waals surface area contributed by atoms with Crippen LogP contribution < -0.4 is 5.32 Å². The van der Waals surface area contributed by atoms with Gasteiger partial charge in [-0.1, -0.05) is 29.8 Å². The van der Waals surface area contributed by atoms with Gasteiger partial charge in [-0.3, -0.25) is 4.79 Å². The van der Waals surface area contributed by atoms with Crippen LogP contribution in [-0.4, -0.2) is 23.1 Å². The molecule has 0 radical (unpaired) electrons. The summed E-state index contributed by atoms with van der Waals surface area (Å²) in [6.07, 6.45) is 0.456. The molecule has 1 unspecified atom stereocenters. The average Bonchev–Trinajstić information content (AvgIpc) is 2.81. The van der Waals surface area contributed by atoms with Gasteiger partial charge in [0.25, 0.3) is 11.5 Å². The zero-order valence-corrected chi connectivity index (χ0v) is 11.7. The molecule has 0 bridgehead atoms. The van der Waals surface area contributed by atoms with E-state index in [2.05, 4.69) is 10.3 Å². The molecule has 1 aromatic carbocycles. The molecule has 2 aromatic rings. The second-order valence-electron chi connectivity index (χ2n) is 4.23. The molecule has 106 valence electrons. The van der Waals surface area contributed by atoms with Crippen molar-refractivity contribution in [1.82, 2.24) is 10.3 Å². The maximum absolute atomic E-state index is 12.4. The Labute approximate surface area is 121 Å². The fourth-order valence-corrected chi connectivity index (χ4v) is 1.82. The number of carbonyl (C=O) groups excluding carboxylic acids is 1. The van der Waals surface area contributed by atoms with Crippen molar-refractivity contribution in [3.05, 3.63) is 41.8 Å². The lowest BCUT2D eigenvalue weighted by Gasteiger charge is -2.02. The van der Waals surface area contributed by atoms with Gasteiger partial charge in [-0.15, -0.1) is 0 Å². The Morgan fingerprint density at radius 3 is 2.80 bits per heavy atom. The normalized spacial score (nSPS) is 12.2. The van der Waals surface area contributed by atoms with Crippen molar-refractivity contribution in [3.8, 4) is 11.5 Å². The zero-order valence-electron chi connectivity index (χ0n) is 10.9. The van der Waals surface area contributed by atoms with E-state index in [1.165, 1.54) is 0 Å². The number of aromatic nitrogens is 1. The summed E-state index contributed by atoms with van der Waals surface area (Å²) in [5.74, 6) is 0.377. The van der Waals surface area contributed by atoms with Crippen molar-refractivity contribution in [2.75, 3.05) is 6.54 Å². The van der Waals surface area contributed by atoms with Gasteiger partial charge in [0.1, 0.15) is 5.76 Å². The van der Waals surface area contributed by atoms with Crippen LogP contribution in [0.15, 0.2) is 34.7 Å². The SMILES string of the molecule is Cc1oc(-c2ccccc2)nc1CCNC(=O)C(F)Cl. The van der Waals surface area contributed by atoms with E-state index in [1.807, 2.05) is 30.3 Å². The van der Waals surface area contributed by atoms with Gasteiger partial charge < -0.3 is 9.73 Å². The van der Waals surface area contributed by atoms with Crippen molar-refractivity contribution in [3.63, 3.8) is 0 Å². The Hall–Kier alpha value is -1.88. The summed E-state index contributed by atoms with van der Waals surface area (Å²) in [5, 5.41) is 2.38. The highest BCUT2D eigenvalue weighted by Crippen LogP contribution is 2.21. The number of nitrogens with one attached hydrogen (secondary N) is 1. The Kier molecular flexibility index (Phi) is 4.74. The highest BCUT2D eigenvalue weighted by atomic mass is 35.5. The second kappa shape index (κ2) is 6.52. The fourth-order valence-electron chi connectivity index (χ4n) is 1.75. The molecule has 1 N–H and O–H groups in total. The van der Waals surface area contributed by atoms with Crippen LogP contribution in [-0.2, 0) is 11.2 Å². The van der Waals surface area contributed by atoms with Gasteiger partial charge in [0.05, 0.1) is 5.69 Å². The van der Waals surface area contributed by atoms with Crippen LogP contribution in [0.3, 0.4) is 0 Å². The van der Waals surface area contributed by atoms with E-state index in [0.717, 1.165) is 11.3 Å². The third kappa shape index (κ3) is 3.57. The maximum atomic E-state index is 12.4. The van der Waals surface area contributed by atoms with Gasteiger partial charge in [0, 0.05) is 18.5 Å². The first-order valence-electron chi connectivity index (χ1n) is 6.15. The molecule has 20 heavy (non-hydrogen) atoms. The molecule has 0 spiro atoms. The van der Waals surface area contributed by atoms with E-state index < -0.39 is 11.5 Å². The Morgan fingerprint density at radius 2 is 2.15 bits per heavy atom. The number of aryl methyl sites for hydroxylation is 1. The van der Waals surface area contributed by atoms with Crippen molar-refractivity contribution >= 4 is 17.5 Å². The predicted molar refractivity (Wildman–Crippen MR) is 74.1 cm³/mol. The first-order valence-corrected chi connectivity index (χ1v) is 6.59. The van der Waals surface area contributed by atoms with Crippen LogP contribution in [0.4, 0.5) is 4.39 Å². The molecule has 1 heterocycles. The van der Waals surface area contributed by atoms with E-state index >= 15 is 0 Å². The molecule has 1 aromatic heterocycles. The fraction of sp³-hybridized carbons (Fsp3) is 0.286. The van der Waals surface area contributed by atoms with Gasteiger partial charge >= 0.3 is 0 Å². The summed E-state index contributed by atoms with van der Waals surface area (Å²) in [6.45, 7) is 2.06. The molecule has 0 saturated heterocycles. The molecule has 0 aliphatic heterocycles. The minimum absolute atomic E-state index is 0.258. The van der Waals surface area contributed by atoms with E-state index in [9.17, 15) is 9.18 Å². The third-order valence-electron chi connectivity index (χ3n) is 2.77. The molecule has 1 atom stereocenters. The number of hydrogen-bond acceptors (Lipinski definition) is 3. The first kappa shape index (κ1) is 14.5. The highest BCUT2D eigenvalue weighted by Gasteiger charge is 2.14. The van der Waals surface area contributed by atoms with Crippen LogP contribution in [0.1, 0.15) is 11.5 Å². The van der Waals surface area contributed by atoms with Crippen LogP contribution in [0.2, 0.25) is 0 Å². The first-order chi connectivity index (χ1) is 9.58. The van der Waals surface area contributed by atoms with Gasteiger partial charge in [0.15, 0.2) is 0 Å². The summed E-state index contributed by atoms with van der Waals surface area (Å²) < 4.78 is 18.0. The Bertz CT molecular complexity index is 584. The minimum Gasteiger partial charge on any atom is -0.441 e. The largest absolute Gasteiger partial charge is 0.441 e. The number of nitrogens with zero attached hydrogens (tertiary/aromatic N) is 1. The lowest BCUT2D eigenvalue weighted by molar-refractivity contribution is -0.123. The Morgan fingerprint density at radius 1 is 1.45 bits per heavy atom. The number of halogens is 2. The van der Waals surface area contributed by atoms with E-state index in [-0.39, 0.29) is 6.54 Å². The molecular weight excluding hydrogens is 283 g/mol. The minimum atomic E-state index is -2.02. The van der Waals surface area contributed by atoms with Crippen molar-refractivity contribution < 1.29 is 13.6 Å². The molecule has 0 fully saturated rings. The number of amides is 1. The molecule has 1 amide bonds. The van der Waals surface area contributed by atoms with Gasteiger partial charge in [-0.25, -0.2) is 9.37 Å². The van der Waals surface area contributed by atoms with Crippen molar-refractivity contribution in [2.45, 2.75) is 19.0 Å². The van der Waals surface area contributed by atoms with Gasteiger partial charge in [-0.05, 0) is 19.1 Å². The predicted octanol–water partition coefficient (Wildman–Crippen LogP) is 2.84. The Balaban J connectivity index is 2.00. The molecule has 0 saturated carbocycles. The summed E-state index contributed by atoms with van der Waals surface area (Å²) in [7, 11) is 0. The number of hydrogen-bond donors (Lipinski definition) is 1. The van der Waals surface area contributed by atoms with Gasteiger partial charge in [0.2, 0.25) is 5.89 Å². The number of rotatable bonds is 5. The summed E-state index contributed by atoms with van der Waals surface area (Å²) in [4.78, 5) is 15.4.